The summed E-state index contributed by atoms with van der Waals surface area (Å²) in [6.07, 6.45) is 1.01. The zero-order valence-corrected chi connectivity index (χ0v) is 10.8. The van der Waals surface area contributed by atoms with Crippen LogP contribution in [0.1, 0.15) is 15.8 Å². The average Bonchev–Trinajstić information content (AvgIpc) is 2.85. The van der Waals surface area contributed by atoms with Crippen LogP contribution in [0.4, 0.5) is 0 Å². The highest BCUT2D eigenvalue weighted by molar-refractivity contribution is 7.16. The first-order chi connectivity index (χ1) is 7.29. The van der Waals surface area contributed by atoms with Crippen LogP contribution in [0.5, 0.6) is 0 Å². The van der Waals surface area contributed by atoms with Crippen molar-refractivity contribution < 1.29 is 0 Å². The largest absolute Gasteiger partial charge is 0.312 e. The number of halogens is 1. The van der Waals surface area contributed by atoms with E-state index < -0.39 is 0 Å². The van der Waals surface area contributed by atoms with Gasteiger partial charge in [0.15, 0.2) is 0 Å². The Kier molecular flexibility index (Phi) is 3.81. The molecule has 0 fully saturated rings. The first kappa shape index (κ1) is 11.1. The molecule has 1 atom stereocenters. The number of thiophene rings is 2. The van der Waals surface area contributed by atoms with Gasteiger partial charge < -0.3 is 5.32 Å². The standard InChI is InChI=1S/C11H12ClNS2/c1-13-9(10-3-2-6-14-10)7-8-4-5-11(12)15-8/h2-6,9,13H,7H2,1H3. The van der Waals surface area contributed by atoms with Crippen molar-refractivity contribution in [3.8, 4) is 0 Å². The summed E-state index contributed by atoms with van der Waals surface area (Å²) in [7, 11) is 2.00. The molecule has 0 radical (unpaired) electrons. The lowest BCUT2D eigenvalue weighted by Gasteiger charge is -2.12. The predicted octanol–water partition coefficient (Wildman–Crippen LogP) is 3.97. The maximum Gasteiger partial charge on any atom is 0.0931 e. The molecular formula is C11H12ClNS2. The summed E-state index contributed by atoms with van der Waals surface area (Å²) in [5.74, 6) is 0. The molecule has 0 aliphatic rings. The molecule has 1 unspecified atom stereocenters. The minimum atomic E-state index is 0.403. The van der Waals surface area contributed by atoms with Gasteiger partial charge in [-0.05, 0) is 30.6 Å². The van der Waals surface area contributed by atoms with Gasteiger partial charge in [-0.3, -0.25) is 0 Å². The number of hydrogen-bond donors (Lipinski definition) is 1. The van der Waals surface area contributed by atoms with E-state index in [1.807, 2.05) is 13.1 Å². The second kappa shape index (κ2) is 5.12. The van der Waals surface area contributed by atoms with Gasteiger partial charge in [0.1, 0.15) is 0 Å². The lowest BCUT2D eigenvalue weighted by Crippen LogP contribution is -2.17. The van der Waals surface area contributed by atoms with Crippen molar-refractivity contribution in [1.82, 2.24) is 5.32 Å². The molecule has 0 bridgehead atoms. The summed E-state index contributed by atoms with van der Waals surface area (Å²) < 4.78 is 0.867. The number of rotatable bonds is 4. The SMILES string of the molecule is CNC(Cc1ccc(Cl)s1)c1cccs1. The van der Waals surface area contributed by atoms with Crippen LogP contribution in [-0.2, 0) is 6.42 Å². The normalized spacial score (nSPS) is 12.9. The summed E-state index contributed by atoms with van der Waals surface area (Å²) in [5, 5.41) is 5.45. The fourth-order valence-corrected chi connectivity index (χ4v) is 3.47. The van der Waals surface area contributed by atoms with Gasteiger partial charge in [0.2, 0.25) is 0 Å². The molecule has 15 heavy (non-hydrogen) atoms. The quantitative estimate of drug-likeness (QED) is 0.874. The van der Waals surface area contributed by atoms with Gasteiger partial charge in [-0.2, -0.15) is 0 Å². The molecule has 4 heteroatoms. The highest BCUT2D eigenvalue weighted by atomic mass is 35.5. The molecule has 0 spiro atoms. The van der Waals surface area contributed by atoms with Crippen LogP contribution in [0, 0.1) is 0 Å². The van der Waals surface area contributed by atoms with Crippen LogP contribution in [-0.4, -0.2) is 7.05 Å². The molecule has 0 aromatic carbocycles. The van der Waals surface area contributed by atoms with Crippen LogP contribution in [0.15, 0.2) is 29.6 Å². The molecule has 0 saturated heterocycles. The third kappa shape index (κ3) is 2.82. The predicted molar refractivity (Wildman–Crippen MR) is 69.2 cm³/mol. The van der Waals surface area contributed by atoms with Crippen LogP contribution in [0.3, 0.4) is 0 Å². The lowest BCUT2D eigenvalue weighted by atomic mass is 10.1. The maximum atomic E-state index is 5.91. The minimum Gasteiger partial charge on any atom is -0.312 e. The number of likely N-dealkylation sites (N-methyl/N-ethyl adjacent to an activating group) is 1. The van der Waals surface area contributed by atoms with E-state index in [4.69, 9.17) is 11.6 Å². The van der Waals surface area contributed by atoms with Gasteiger partial charge in [-0.25, -0.2) is 0 Å². The van der Waals surface area contributed by atoms with Gasteiger partial charge in [0, 0.05) is 22.2 Å². The number of nitrogens with one attached hydrogen (secondary N) is 1. The summed E-state index contributed by atoms with van der Waals surface area (Å²) in [4.78, 5) is 2.70. The monoisotopic (exact) mass is 257 g/mol. The molecule has 80 valence electrons. The molecule has 2 rings (SSSR count). The van der Waals surface area contributed by atoms with Crippen molar-refractivity contribution in [3.63, 3.8) is 0 Å². The third-order valence-electron chi connectivity index (χ3n) is 2.27. The topological polar surface area (TPSA) is 12.0 Å². The van der Waals surface area contributed by atoms with Gasteiger partial charge in [0.25, 0.3) is 0 Å². The third-order valence-corrected chi connectivity index (χ3v) is 4.51. The van der Waals surface area contributed by atoms with Crippen molar-refractivity contribution in [1.29, 1.82) is 0 Å². The smallest absolute Gasteiger partial charge is 0.0931 e. The van der Waals surface area contributed by atoms with Crippen molar-refractivity contribution >= 4 is 34.3 Å². The van der Waals surface area contributed by atoms with E-state index in [0.717, 1.165) is 10.8 Å². The Bertz CT molecular complexity index is 408. The van der Waals surface area contributed by atoms with Gasteiger partial charge >= 0.3 is 0 Å². The maximum absolute atomic E-state index is 5.91. The van der Waals surface area contributed by atoms with E-state index in [-0.39, 0.29) is 0 Å². The highest BCUT2D eigenvalue weighted by Crippen LogP contribution is 2.28. The van der Waals surface area contributed by atoms with Gasteiger partial charge in [-0.1, -0.05) is 17.7 Å². The van der Waals surface area contributed by atoms with E-state index in [2.05, 4.69) is 28.9 Å². The highest BCUT2D eigenvalue weighted by Gasteiger charge is 2.11. The fourth-order valence-electron chi connectivity index (χ4n) is 1.50. The molecule has 0 saturated carbocycles. The minimum absolute atomic E-state index is 0.403. The van der Waals surface area contributed by atoms with E-state index in [1.165, 1.54) is 9.75 Å². The molecule has 1 nitrogen and oxygen atoms in total. The van der Waals surface area contributed by atoms with Crippen molar-refractivity contribution in [3.05, 3.63) is 43.7 Å². The molecule has 2 aromatic heterocycles. The Morgan fingerprint density at radius 2 is 2.27 bits per heavy atom. The van der Waals surface area contributed by atoms with E-state index in [9.17, 15) is 0 Å². The first-order valence-electron chi connectivity index (χ1n) is 4.74. The summed E-state index contributed by atoms with van der Waals surface area (Å²) in [5.41, 5.74) is 0. The van der Waals surface area contributed by atoms with Crippen molar-refractivity contribution in [2.24, 2.45) is 0 Å². The Morgan fingerprint density at radius 1 is 1.40 bits per heavy atom. The zero-order chi connectivity index (χ0) is 10.7. The van der Waals surface area contributed by atoms with E-state index in [0.29, 0.717) is 6.04 Å². The second-order valence-electron chi connectivity index (χ2n) is 3.27. The van der Waals surface area contributed by atoms with Crippen molar-refractivity contribution in [2.45, 2.75) is 12.5 Å². The number of hydrogen-bond acceptors (Lipinski definition) is 3. The van der Waals surface area contributed by atoms with Crippen LogP contribution >= 0.6 is 34.3 Å². The van der Waals surface area contributed by atoms with Crippen LogP contribution in [0.2, 0.25) is 4.34 Å². The Morgan fingerprint density at radius 3 is 2.80 bits per heavy atom. The molecule has 0 aliphatic heterocycles. The molecule has 0 aliphatic carbocycles. The second-order valence-corrected chi connectivity index (χ2v) is 6.05. The molecule has 2 aromatic rings. The lowest BCUT2D eigenvalue weighted by molar-refractivity contribution is 0.607. The molecular weight excluding hydrogens is 246 g/mol. The van der Waals surface area contributed by atoms with Gasteiger partial charge in [0.05, 0.1) is 4.34 Å². The first-order valence-corrected chi connectivity index (χ1v) is 6.82. The summed E-state index contributed by atoms with van der Waals surface area (Å²) in [6.45, 7) is 0. The molecule has 2 heterocycles. The summed E-state index contributed by atoms with van der Waals surface area (Å²) >= 11 is 9.36. The summed E-state index contributed by atoms with van der Waals surface area (Å²) in [6, 6.07) is 8.72. The van der Waals surface area contributed by atoms with Crippen LogP contribution in [0.25, 0.3) is 0 Å². The molecule has 1 N–H and O–H groups in total. The van der Waals surface area contributed by atoms with E-state index in [1.54, 1.807) is 22.7 Å². The average molecular weight is 258 g/mol. The fraction of sp³-hybridized carbons (Fsp3) is 0.273. The van der Waals surface area contributed by atoms with Crippen molar-refractivity contribution in [2.75, 3.05) is 7.05 Å². The van der Waals surface area contributed by atoms with Gasteiger partial charge in [-0.15, -0.1) is 22.7 Å². The Balaban J connectivity index is 2.09. The van der Waals surface area contributed by atoms with Crippen LogP contribution < -0.4 is 5.32 Å². The molecule has 0 amide bonds. The Labute approximate surface area is 103 Å². The Hall–Kier alpha value is -0.350. The van der Waals surface area contributed by atoms with E-state index >= 15 is 0 Å². The zero-order valence-electron chi connectivity index (χ0n) is 8.37.